The Labute approximate surface area is 127 Å². The van der Waals surface area contributed by atoms with Crippen molar-refractivity contribution in [1.29, 1.82) is 0 Å². The third-order valence-corrected chi connectivity index (χ3v) is 6.01. The van der Waals surface area contributed by atoms with Gasteiger partial charge < -0.3 is 10.9 Å². The van der Waals surface area contributed by atoms with Gasteiger partial charge in [0.25, 0.3) is 0 Å². The summed E-state index contributed by atoms with van der Waals surface area (Å²) in [4.78, 5) is 2.04. The van der Waals surface area contributed by atoms with Crippen LogP contribution >= 0.6 is 0 Å². The molecule has 1 heterocycles. The molecule has 0 atom stereocenters. The van der Waals surface area contributed by atoms with Gasteiger partial charge >= 0.3 is 0 Å². The monoisotopic (exact) mass is 320 g/mol. The molecule has 1 fully saturated rings. The van der Waals surface area contributed by atoms with Crippen molar-refractivity contribution in [2.24, 2.45) is 16.8 Å². The van der Waals surface area contributed by atoms with Gasteiger partial charge in [0.05, 0.1) is 11.3 Å². The molecule has 0 unspecified atom stereocenters. The van der Waals surface area contributed by atoms with E-state index in [2.05, 4.69) is 5.16 Å². The van der Waals surface area contributed by atoms with E-state index in [1.54, 1.807) is 4.31 Å². The smallest absolute Gasteiger partial charge is 0.214 e. The van der Waals surface area contributed by atoms with E-state index in [0.717, 1.165) is 0 Å². The fourth-order valence-corrected chi connectivity index (χ4v) is 4.07. The number of oxime groups is 1. The van der Waals surface area contributed by atoms with Crippen molar-refractivity contribution in [3.63, 3.8) is 0 Å². The lowest BCUT2D eigenvalue weighted by molar-refractivity contribution is 0.119. The fraction of sp³-hybridized carbons (Fsp3) is 0.923. The highest BCUT2D eigenvalue weighted by Crippen LogP contribution is 2.19. The molecule has 124 valence electrons. The Hall–Kier alpha value is -0.860. The predicted molar refractivity (Wildman–Crippen MR) is 83.9 cm³/mol. The molecular weight excluding hydrogens is 292 g/mol. The van der Waals surface area contributed by atoms with E-state index in [1.165, 1.54) is 0 Å². The number of nitrogens with two attached hydrogens (primary N) is 1. The molecule has 0 radical (unpaired) electrons. The van der Waals surface area contributed by atoms with Crippen molar-refractivity contribution >= 4 is 15.9 Å². The van der Waals surface area contributed by atoms with Crippen LogP contribution in [0.25, 0.3) is 0 Å². The lowest BCUT2D eigenvalue weighted by Gasteiger charge is -2.42. The zero-order chi connectivity index (χ0) is 16.3. The van der Waals surface area contributed by atoms with Crippen molar-refractivity contribution < 1.29 is 13.6 Å². The average molecular weight is 320 g/mol. The summed E-state index contributed by atoms with van der Waals surface area (Å²) < 4.78 is 26.1. The first-order valence-electron chi connectivity index (χ1n) is 7.32. The minimum atomic E-state index is -3.18. The zero-order valence-corrected chi connectivity index (χ0v) is 14.2. The first-order chi connectivity index (χ1) is 9.61. The molecule has 0 aliphatic carbocycles. The highest BCUT2D eigenvalue weighted by molar-refractivity contribution is 7.89. The number of hydrogen-bond acceptors (Lipinski definition) is 5. The predicted octanol–water partition coefficient (Wildman–Crippen LogP) is 0.505. The third kappa shape index (κ3) is 4.55. The Kier molecular flexibility index (Phi) is 6.01. The first-order valence-corrected chi connectivity index (χ1v) is 8.93. The fourth-order valence-electron chi connectivity index (χ4n) is 2.32. The van der Waals surface area contributed by atoms with Crippen LogP contribution < -0.4 is 5.73 Å². The van der Waals surface area contributed by atoms with Gasteiger partial charge in [-0.2, -0.15) is 4.31 Å². The molecule has 1 aliphatic heterocycles. The summed E-state index contributed by atoms with van der Waals surface area (Å²) in [5.41, 5.74) is 5.13. The van der Waals surface area contributed by atoms with Crippen LogP contribution in [0.2, 0.25) is 0 Å². The molecule has 0 saturated carbocycles. The van der Waals surface area contributed by atoms with Gasteiger partial charge in [-0.15, -0.1) is 0 Å². The Morgan fingerprint density at radius 1 is 1.29 bits per heavy atom. The van der Waals surface area contributed by atoms with Gasteiger partial charge in [-0.1, -0.05) is 19.0 Å². The maximum Gasteiger partial charge on any atom is 0.214 e. The first kappa shape index (κ1) is 18.2. The molecule has 0 aromatic rings. The van der Waals surface area contributed by atoms with Gasteiger partial charge in [0.15, 0.2) is 5.84 Å². The van der Waals surface area contributed by atoms with E-state index in [9.17, 15) is 8.42 Å². The van der Waals surface area contributed by atoms with Gasteiger partial charge in [0.1, 0.15) is 0 Å². The molecule has 0 aromatic carbocycles. The van der Waals surface area contributed by atoms with Crippen LogP contribution in [-0.2, 0) is 10.0 Å². The molecular formula is C13H28N4O3S. The summed E-state index contributed by atoms with van der Waals surface area (Å²) in [6, 6.07) is 0. The van der Waals surface area contributed by atoms with Crippen LogP contribution in [0.4, 0.5) is 0 Å². The molecule has 0 amide bonds. The molecule has 8 heteroatoms. The Morgan fingerprint density at radius 3 is 2.24 bits per heavy atom. The van der Waals surface area contributed by atoms with Crippen molar-refractivity contribution in [3.8, 4) is 0 Å². The van der Waals surface area contributed by atoms with Crippen LogP contribution in [-0.4, -0.2) is 66.1 Å². The molecule has 3 N–H and O–H groups in total. The average Bonchev–Trinajstić information content (AvgIpc) is 2.44. The lowest BCUT2D eigenvalue weighted by Crippen LogP contribution is -2.60. The van der Waals surface area contributed by atoms with Crippen molar-refractivity contribution in [2.45, 2.75) is 39.7 Å². The molecule has 0 bridgehead atoms. The minimum Gasteiger partial charge on any atom is -0.409 e. The van der Waals surface area contributed by atoms with Crippen molar-refractivity contribution in [1.82, 2.24) is 9.21 Å². The Morgan fingerprint density at radius 2 is 1.81 bits per heavy atom. The maximum atomic E-state index is 12.3. The van der Waals surface area contributed by atoms with E-state index in [0.29, 0.717) is 38.5 Å². The highest BCUT2D eigenvalue weighted by atomic mass is 32.2. The molecule has 1 saturated heterocycles. The van der Waals surface area contributed by atoms with Crippen LogP contribution in [0.5, 0.6) is 0 Å². The molecule has 1 rings (SSSR count). The number of hydrogen-bond donors (Lipinski definition) is 2. The zero-order valence-electron chi connectivity index (χ0n) is 13.4. The van der Waals surface area contributed by atoms with Crippen molar-refractivity contribution in [3.05, 3.63) is 0 Å². The third-order valence-electron chi connectivity index (χ3n) is 4.11. The van der Waals surface area contributed by atoms with Crippen LogP contribution in [0, 0.1) is 5.92 Å². The van der Waals surface area contributed by atoms with Crippen LogP contribution in [0.3, 0.4) is 0 Å². The number of rotatable bonds is 6. The number of amidine groups is 1. The van der Waals surface area contributed by atoms with Crippen molar-refractivity contribution in [2.75, 3.05) is 31.9 Å². The quantitative estimate of drug-likeness (QED) is 0.321. The van der Waals surface area contributed by atoms with Crippen LogP contribution in [0.15, 0.2) is 5.16 Å². The van der Waals surface area contributed by atoms with E-state index in [4.69, 9.17) is 10.9 Å². The molecule has 0 aromatic heterocycles. The van der Waals surface area contributed by atoms with Gasteiger partial charge in [-0.3, -0.25) is 4.90 Å². The number of piperazine rings is 1. The highest BCUT2D eigenvalue weighted by Gasteiger charge is 2.36. The maximum absolute atomic E-state index is 12.3. The topological polar surface area (TPSA) is 99.2 Å². The largest absolute Gasteiger partial charge is 0.409 e. The summed E-state index contributed by atoms with van der Waals surface area (Å²) >= 11 is 0. The SMILES string of the molecule is CC(C)CCS(=O)(=O)N1CCN(C(C)(C)C(N)=NO)CC1. The Bertz CT molecular complexity index is 466. The summed E-state index contributed by atoms with van der Waals surface area (Å²) in [6.45, 7) is 9.81. The van der Waals surface area contributed by atoms with Gasteiger partial charge in [0, 0.05) is 26.2 Å². The van der Waals surface area contributed by atoms with Gasteiger partial charge in [-0.05, 0) is 26.2 Å². The summed E-state index contributed by atoms with van der Waals surface area (Å²) in [5.74, 6) is 0.716. The normalized spacial score (nSPS) is 20.1. The molecule has 7 nitrogen and oxygen atoms in total. The van der Waals surface area contributed by atoms with E-state index in [1.807, 2.05) is 32.6 Å². The summed E-state index contributed by atoms with van der Waals surface area (Å²) in [7, 11) is -3.18. The second-order valence-electron chi connectivity index (χ2n) is 6.43. The van der Waals surface area contributed by atoms with Gasteiger partial charge in [0.2, 0.25) is 10.0 Å². The molecule has 21 heavy (non-hydrogen) atoms. The summed E-state index contributed by atoms with van der Waals surface area (Å²) in [6.07, 6.45) is 0.679. The minimum absolute atomic E-state index is 0.138. The van der Waals surface area contributed by atoms with E-state index >= 15 is 0 Å². The van der Waals surface area contributed by atoms with E-state index < -0.39 is 15.6 Å². The van der Waals surface area contributed by atoms with E-state index in [-0.39, 0.29) is 11.6 Å². The molecule has 1 aliphatic rings. The number of sulfonamides is 1. The number of nitrogens with zero attached hydrogens (tertiary/aromatic N) is 3. The second-order valence-corrected chi connectivity index (χ2v) is 8.52. The standard InChI is InChI=1S/C13H28N4O3S/c1-11(2)5-10-21(19,20)17-8-6-16(7-9-17)13(3,4)12(14)15-18/h11,18H,5-10H2,1-4H3,(H2,14,15). The second kappa shape index (κ2) is 6.93. The Balaban J connectivity index is 2.64. The van der Waals surface area contributed by atoms with Gasteiger partial charge in [-0.25, -0.2) is 8.42 Å². The summed E-state index contributed by atoms with van der Waals surface area (Å²) in [5, 5.41) is 11.9. The van der Waals surface area contributed by atoms with Crippen LogP contribution in [0.1, 0.15) is 34.1 Å². The molecule has 0 spiro atoms. The lowest BCUT2D eigenvalue weighted by atomic mass is 10.0.